The number of hydrogen-bond donors (Lipinski definition) is 1. The highest BCUT2D eigenvalue weighted by atomic mass is 16.5. The summed E-state index contributed by atoms with van der Waals surface area (Å²) < 4.78 is 5.84. The molecule has 1 aromatic carbocycles. The van der Waals surface area contributed by atoms with Gasteiger partial charge in [-0.25, -0.2) is 0 Å². The van der Waals surface area contributed by atoms with Gasteiger partial charge in [0.1, 0.15) is 11.9 Å². The summed E-state index contributed by atoms with van der Waals surface area (Å²) in [5.41, 5.74) is 2.66. The van der Waals surface area contributed by atoms with E-state index < -0.39 is 0 Å². The van der Waals surface area contributed by atoms with Crippen LogP contribution in [0.1, 0.15) is 36.9 Å². The molecule has 3 rings (SSSR count). The van der Waals surface area contributed by atoms with Crippen molar-refractivity contribution in [3.63, 3.8) is 0 Å². The van der Waals surface area contributed by atoms with Gasteiger partial charge < -0.3 is 10.1 Å². The lowest BCUT2D eigenvalue weighted by Crippen LogP contribution is -2.30. The third-order valence-electron chi connectivity index (χ3n) is 3.28. The van der Waals surface area contributed by atoms with Crippen molar-refractivity contribution in [1.82, 2.24) is 5.32 Å². The first kappa shape index (κ1) is 9.22. The summed E-state index contributed by atoms with van der Waals surface area (Å²) >= 11 is 0. The Balaban J connectivity index is 1.91. The fraction of sp³-hybridized carbons (Fsp3) is 0.538. The van der Waals surface area contributed by atoms with Gasteiger partial charge in [-0.15, -0.1) is 0 Å². The van der Waals surface area contributed by atoms with Crippen LogP contribution in [0.5, 0.6) is 5.75 Å². The van der Waals surface area contributed by atoms with E-state index in [2.05, 4.69) is 37.4 Å². The molecule has 1 N–H and O–H groups in total. The largest absolute Gasteiger partial charge is 0.488 e. The van der Waals surface area contributed by atoms with Crippen molar-refractivity contribution in [2.75, 3.05) is 0 Å². The SMILES string of the molecule is Cc1ccc2c(c1)C(NC1CC1)C(C)O2. The minimum atomic E-state index is 0.266. The fourth-order valence-corrected chi connectivity index (χ4v) is 2.27. The molecule has 2 heteroatoms. The number of rotatable bonds is 2. The summed E-state index contributed by atoms with van der Waals surface area (Å²) in [5.74, 6) is 1.06. The van der Waals surface area contributed by atoms with E-state index in [0.29, 0.717) is 6.04 Å². The van der Waals surface area contributed by atoms with Crippen LogP contribution >= 0.6 is 0 Å². The molecule has 2 unspecified atom stereocenters. The van der Waals surface area contributed by atoms with Crippen molar-refractivity contribution in [2.24, 2.45) is 0 Å². The number of nitrogens with one attached hydrogen (secondary N) is 1. The molecule has 1 aliphatic heterocycles. The second kappa shape index (κ2) is 3.24. The lowest BCUT2D eigenvalue weighted by Gasteiger charge is -2.16. The quantitative estimate of drug-likeness (QED) is 0.797. The zero-order chi connectivity index (χ0) is 10.4. The Morgan fingerprint density at radius 2 is 2.13 bits per heavy atom. The minimum absolute atomic E-state index is 0.266. The normalized spacial score (nSPS) is 28.7. The van der Waals surface area contributed by atoms with Crippen LogP contribution in [-0.2, 0) is 0 Å². The summed E-state index contributed by atoms with van der Waals surface area (Å²) in [7, 11) is 0. The standard InChI is InChI=1S/C13H17NO/c1-8-3-6-12-11(7-8)13(9(2)15-12)14-10-4-5-10/h3,6-7,9-10,13-14H,4-5H2,1-2H3. The number of fused-ring (bicyclic) bond motifs is 1. The maximum Gasteiger partial charge on any atom is 0.124 e. The molecule has 1 heterocycles. The molecule has 1 fully saturated rings. The molecule has 1 aliphatic carbocycles. The number of ether oxygens (including phenoxy) is 1. The molecular weight excluding hydrogens is 186 g/mol. The van der Waals surface area contributed by atoms with Crippen LogP contribution in [0.2, 0.25) is 0 Å². The van der Waals surface area contributed by atoms with Crippen molar-refractivity contribution < 1.29 is 4.74 Å². The van der Waals surface area contributed by atoms with Crippen LogP contribution in [0.4, 0.5) is 0 Å². The first-order valence-corrected chi connectivity index (χ1v) is 5.77. The Bertz CT molecular complexity index is 384. The van der Waals surface area contributed by atoms with Gasteiger partial charge in [-0.3, -0.25) is 0 Å². The molecule has 0 aromatic heterocycles. The van der Waals surface area contributed by atoms with E-state index in [4.69, 9.17) is 4.74 Å². The van der Waals surface area contributed by atoms with Crippen LogP contribution in [0.3, 0.4) is 0 Å². The van der Waals surface area contributed by atoms with Crippen molar-refractivity contribution >= 4 is 0 Å². The van der Waals surface area contributed by atoms with Gasteiger partial charge in [0, 0.05) is 11.6 Å². The summed E-state index contributed by atoms with van der Waals surface area (Å²) in [4.78, 5) is 0. The Morgan fingerprint density at radius 3 is 2.87 bits per heavy atom. The van der Waals surface area contributed by atoms with E-state index in [0.717, 1.165) is 11.8 Å². The highest BCUT2D eigenvalue weighted by Gasteiger charge is 2.35. The lowest BCUT2D eigenvalue weighted by atomic mass is 10.0. The predicted molar refractivity (Wildman–Crippen MR) is 60.2 cm³/mol. The van der Waals surface area contributed by atoms with E-state index >= 15 is 0 Å². The van der Waals surface area contributed by atoms with Gasteiger partial charge in [0.25, 0.3) is 0 Å². The average molecular weight is 203 g/mol. The Hall–Kier alpha value is -1.02. The zero-order valence-corrected chi connectivity index (χ0v) is 9.29. The predicted octanol–water partition coefficient (Wildman–Crippen LogP) is 2.57. The maximum atomic E-state index is 5.84. The fourth-order valence-electron chi connectivity index (χ4n) is 2.27. The van der Waals surface area contributed by atoms with Crippen LogP contribution in [-0.4, -0.2) is 12.1 Å². The number of aryl methyl sites for hydroxylation is 1. The Labute approximate surface area is 90.6 Å². The smallest absolute Gasteiger partial charge is 0.124 e. The minimum Gasteiger partial charge on any atom is -0.488 e. The Kier molecular flexibility index (Phi) is 1.99. The van der Waals surface area contributed by atoms with E-state index in [-0.39, 0.29) is 6.10 Å². The average Bonchev–Trinajstić information content (AvgIpc) is 2.96. The van der Waals surface area contributed by atoms with Crippen LogP contribution in [0.25, 0.3) is 0 Å². The van der Waals surface area contributed by atoms with E-state index in [1.807, 2.05) is 0 Å². The van der Waals surface area contributed by atoms with Gasteiger partial charge in [-0.1, -0.05) is 17.7 Å². The van der Waals surface area contributed by atoms with E-state index in [9.17, 15) is 0 Å². The molecule has 0 radical (unpaired) electrons. The van der Waals surface area contributed by atoms with Crippen LogP contribution in [0.15, 0.2) is 18.2 Å². The monoisotopic (exact) mass is 203 g/mol. The molecule has 1 saturated carbocycles. The summed E-state index contributed by atoms with van der Waals surface area (Å²) in [5, 5.41) is 3.66. The zero-order valence-electron chi connectivity index (χ0n) is 9.29. The van der Waals surface area contributed by atoms with Crippen LogP contribution < -0.4 is 10.1 Å². The molecule has 0 bridgehead atoms. The lowest BCUT2D eigenvalue weighted by molar-refractivity contribution is 0.208. The molecule has 0 spiro atoms. The van der Waals surface area contributed by atoms with Crippen LogP contribution in [0, 0.1) is 6.92 Å². The summed E-state index contributed by atoms with van der Waals surface area (Å²) in [6.45, 7) is 4.28. The third kappa shape index (κ3) is 1.63. The molecule has 1 aromatic rings. The number of hydrogen-bond acceptors (Lipinski definition) is 2. The second-order valence-electron chi connectivity index (χ2n) is 4.78. The summed E-state index contributed by atoms with van der Waals surface area (Å²) in [6.07, 6.45) is 2.91. The number of benzene rings is 1. The van der Waals surface area contributed by atoms with Gasteiger partial charge >= 0.3 is 0 Å². The third-order valence-corrected chi connectivity index (χ3v) is 3.28. The highest BCUT2D eigenvalue weighted by Crippen LogP contribution is 2.38. The molecule has 0 amide bonds. The van der Waals surface area contributed by atoms with Crippen molar-refractivity contribution in [3.05, 3.63) is 29.3 Å². The maximum absolute atomic E-state index is 5.84. The van der Waals surface area contributed by atoms with Crippen molar-refractivity contribution in [3.8, 4) is 5.75 Å². The molecule has 2 aliphatic rings. The highest BCUT2D eigenvalue weighted by molar-refractivity contribution is 5.43. The molecular formula is C13H17NO. The summed E-state index contributed by atoms with van der Waals surface area (Å²) in [6, 6.07) is 7.58. The van der Waals surface area contributed by atoms with Crippen molar-refractivity contribution in [1.29, 1.82) is 0 Å². The molecule has 2 nitrogen and oxygen atoms in total. The van der Waals surface area contributed by atoms with Gasteiger partial charge in [-0.05, 0) is 32.8 Å². The van der Waals surface area contributed by atoms with Crippen molar-refractivity contribution in [2.45, 2.75) is 44.9 Å². The van der Waals surface area contributed by atoms with E-state index in [1.165, 1.54) is 24.0 Å². The van der Waals surface area contributed by atoms with E-state index in [1.54, 1.807) is 0 Å². The Morgan fingerprint density at radius 1 is 1.33 bits per heavy atom. The second-order valence-corrected chi connectivity index (χ2v) is 4.78. The molecule has 2 atom stereocenters. The first-order valence-electron chi connectivity index (χ1n) is 5.77. The van der Waals surface area contributed by atoms with Gasteiger partial charge in [0.2, 0.25) is 0 Å². The van der Waals surface area contributed by atoms with Gasteiger partial charge in [-0.2, -0.15) is 0 Å². The molecule has 15 heavy (non-hydrogen) atoms. The van der Waals surface area contributed by atoms with Gasteiger partial charge in [0.05, 0.1) is 6.04 Å². The molecule has 0 saturated heterocycles. The molecule has 80 valence electrons. The first-order chi connectivity index (χ1) is 7.24. The van der Waals surface area contributed by atoms with Gasteiger partial charge in [0.15, 0.2) is 0 Å². The topological polar surface area (TPSA) is 21.3 Å².